The molecule has 0 amide bonds. The second-order valence-electron chi connectivity index (χ2n) is 5.18. The molecule has 1 aromatic carbocycles. The number of methoxy groups -OCH3 is 1. The van der Waals surface area contributed by atoms with E-state index in [1.54, 1.807) is 12.1 Å². The van der Waals surface area contributed by atoms with Crippen molar-refractivity contribution in [2.75, 3.05) is 20.2 Å². The Morgan fingerprint density at radius 3 is 2.56 bits per heavy atom. The van der Waals surface area contributed by atoms with Gasteiger partial charge in [0.25, 0.3) is 0 Å². The van der Waals surface area contributed by atoms with Crippen LogP contribution in [0.1, 0.15) is 38.7 Å². The number of halogens is 1. The van der Waals surface area contributed by atoms with Crippen LogP contribution in [0.25, 0.3) is 0 Å². The van der Waals surface area contributed by atoms with E-state index in [1.807, 2.05) is 6.07 Å². The van der Waals surface area contributed by atoms with Gasteiger partial charge >= 0.3 is 0 Å². The van der Waals surface area contributed by atoms with Gasteiger partial charge in [0.15, 0.2) is 11.6 Å². The predicted molar refractivity (Wildman–Crippen MR) is 73.7 cm³/mol. The van der Waals surface area contributed by atoms with Crippen molar-refractivity contribution in [3.05, 3.63) is 29.6 Å². The van der Waals surface area contributed by atoms with Gasteiger partial charge in [-0.05, 0) is 49.0 Å². The van der Waals surface area contributed by atoms with Gasteiger partial charge in [-0.15, -0.1) is 0 Å². The van der Waals surface area contributed by atoms with Gasteiger partial charge in [0.05, 0.1) is 7.11 Å². The summed E-state index contributed by atoms with van der Waals surface area (Å²) in [6.07, 6.45) is 1.01. The molecule has 0 heterocycles. The van der Waals surface area contributed by atoms with Gasteiger partial charge in [0.2, 0.25) is 0 Å². The van der Waals surface area contributed by atoms with Crippen molar-refractivity contribution in [2.45, 2.75) is 33.1 Å². The number of nitrogens with one attached hydrogen (secondary N) is 1. The average Bonchev–Trinajstić information content (AvgIpc) is 2.34. The Morgan fingerprint density at radius 2 is 2.00 bits per heavy atom. The summed E-state index contributed by atoms with van der Waals surface area (Å²) in [4.78, 5) is 0. The monoisotopic (exact) mass is 253 g/mol. The highest BCUT2D eigenvalue weighted by Gasteiger charge is 2.09. The Balaban J connectivity index is 2.46. The van der Waals surface area contributed by atoms with Gasteiger partial charge in [-0.2, -0.15) is 0 Å². The van der Waals surface area contributed by atoms with Crippen molar-refractivity contribution < 1.29 is 9.13 Å². The SMILES string of the molecule is COc1ccc(C(C)CCNCC(C)C)cc1F. The van der Waals surface area contributed by atoms with Crippen LogP contribution in [0.4, 0.5) is 4.39 Å². The smallest absolute Gasteiger partial charge is 0.165 e. The molecule has 0 saturated carbocycles. The van der Waals surface area contributed by atoms with E-state index in [4.69, 9.17) is 4.74 Å². The highest BCUT2D eigenvalue weighted by atomic mass is 19.1. The molecule has 0 aliphatic carbocycles. The van der Waals surface area contributed by atoms with Crippen LogP contribution in [-0.2, 0) is 0 Å². The molecule has 102 valence electrons. The number of hydrogen-bond acceptors (Lipinski definition) is 2. The third-order valence-corrected chi connectivity index (χ3v) is 3.05. The van der Waals surface area contributed by atoms with Crippen molar-refractivity contribution >= 4 is 0 Å². The minimum Gasteiger partial charge on any atom is -0.494 e. The highest BCUT2D eigenvalue weighted by molar-refractivity contribution is 5.30. The van der Waals surface area contributed by atoms with Crippen LogP contribution in [0.15, 0.2) is 18.2 Å². The van der Waals surface area contributed by atoms with Crippen LogP contribution in [0.3, 0.4) is 0 Å². The van der Waals surface area contributed by atoms with Crippen molar-refractivity contribution in [2.24, 2.45) is 5.92 Å². The van der Waals surface area contributed by atoms with Crippen molar-refractivity contribution in [3.63, 3.8) is 0 Å². The normalized spacial score (nSPS) is 12.8. The molecule has 0 saturated heterocycles. The first kappa shape index (κ1) is 15.0. The van der Waals surface area contributed by atoms with Gasteiger partial charge in [-0.3, -0.25) is 0 Å². The number of ether oxygens (including phenoxy) is 1. The molecule has 1 rings (SSSR count). The van der Waals surface area contributed by atoms with Crippen LogP contribution in [-0.4, -0.2) is 20.2 Å². The molecule has 18 heavy (non-hydrogen) atoms. The van der Waals surface area contributed by atoms with Gasteiger partial charge in [0, 0.05) is 0 Å². The van der Waals surface area contributed by atoms with Crippen molar-refractivity contribution in [3.8, 4) is 5.75 Å². The summed E-state index contributed by atoms with van der Waals surface area (Å²) in [5.41, 5.74) is 1.03. The predicted octanol–water partition coefficient (Wildman–Crippen LogP) is 3.57. The maximum atomic E-state index is 13.6. The minimum atomic E-state index is -0.281. The third kappa shape index (κ3) is 4.65. The quantitative estimate of drug-likeness (QED) is 0.750. The highest BCUT2D eigenvalue weighted by Crippen LogP contribution is 2.24. The van der Waals surface area contributed by atoms with Crippen LogP contribution in [0, 0.1) is 11.7 Å². The Labute approximate surface area is 110 Å². The van der Waals surface area contributed by atoms with Crippen LogP contribution < -0.4 is 10.1 Å². The number of benzene rings is 1. The van der Waals surface area contributed by atoms with Crippen LogP contribution in [0.2, 0.25) is 0 Å². The maximum absolute atomic E-state index is 13.6. The fourth-order valence-electron chi connectivity index (χ4n) is 1.87. The molecular formula is C15H24FNO. The van der Waals surface area contributed by atoms with Crippen molar-refractivity contribution in [1.29, 1.82) is 0 Å². The van der Waals surface area contributed by atoms with Crippen molar-refractivity contribution in [1.82, 2.24) is 5.32 Å². The van der Waals surface area contributed by atoms with Gasteiger partial charge < -0.3 is 10.1 Å². The van der Waals surface area contributed by atoms with E-state index in [1.165, 1.54) is 7.11 Å². The summed E-state index contributed by atoms with van der Waals surface area (Å²) in [6, 6.07) is 5.21. The molecule has 1 atom stereocenters. The molecule has 0 aliphatic heterocycles. The summed E-state index contributed by atoms with van der Waals surface area (Å²) < 4.78 is 18.5. The Bertz CT molecular complexity index is 366. The Hall–Kier alpha value is -1.09. The molecule has 0 fully saturated rings. The maximum Gasteiger partial charge on any atom is 0.165 e. The van der Waals surface area contributed by atoms with Gasteiger partial charge in [-0.25, -0.2) is 4.39 Å². The zero-order chi connectivity index (χ0) is 13.5. The third-order valence-electron chi connectivity index (χ3n) is 3.05. The first-order chi connectivity index (χ1) is 8.54. The Kier molecular flexibility index (Phi) is 6.13. The van der Waals surface area contributed by atoms with E-state index < -0.39 is 0 Å². The van der Waals surface area contributed by atoms with E-state index in [9.17, 15) is 4.39 Å². The lowest BCUT2D eigenvalue weighted by Crippen LogP contribution is -2.21. The minimum absolute atomic E-state index is 0.281. The molecule has 0 bridgehead atoms. The molecular weight excluding hydrogens is 229 g/mol. The summed E-state index contributed by atoms with van der Waals surface area (Å²) in [5, 5.41) is 3.40. The molecule has 1 unspecified atom stereocenters. The molecule has 0 aromatic heterocycles. The second kappa shape index (κ2) is 7.37. The fourth-order valence-corrected chi connectivity index (χ4v) is 1.87. The topological polar surface area (TPSA) is 21.3 Å². The molecule has 3 heteroatoms. The molecule has 0 aliphatic rings. The summed E-state index contributed by atoms with van der Waals surface area (Å²) in [5.74, 6) is 1.05. The lowest BCUT2D eigenvalue weighted by atomic mass is 9.97. The second-order valence-corrected chi connectivity index (χ2v) is 5.18. The average molecular weight is 253 g/mol. The lowest BCUT2D eigenvalue weighted by Gasteiger charge is -2.14. The largest absolute Gasteiger partial charge is 0.494 e. The lowest BCUT2D eigenvalue weighted by molar-refractivity contribution is 0.385. The van der Waals surface area contributed by atoms with E-state index in [0.717, 1.165) is 25.1 Å². The first-order valence-electron chi connectivity index (χ1n) is 6.58. The fraction of sp³-hybridized carbons (Fsp3) is 0.600. The van der Waals surface area contributed by atoms with E-state index in [2.05, 4.69) is 26.1 Å². The zero-order valence-electron chi connectivity index (χ0n) is 11.8. The first-order valence-corrected chi connectivity index (χ1v) is 6.58. The summed E-state index contributed by atoms with van der Waals surface area (Å²) in [6.45, 7) is 8.50. The molecule has 1 N–H and O–H groups in total. The summed E-state index contributed by atoms with van der Waals surface area (Å²) in [7, 11) is 1.48. The van der Waals surface area contributed by atoms with Gasteiger partial charge in [-0.1, -0.05) is 26.8 Å². The molecule has 0 radical (unpaired) electrons. The number of hydrogen-bond donors (Lipinski definition) is 1. The molecule has 0 spiro atoms. The van der Waals surface area contributed by atoms with E-state index >= 15 is 0 Å². The molecule has 2 nitrogen and oxygen atoms in total. The van der Waals surface area contributed by atoms with Crippen LogP contribution in [0.5, 0.6) is 5.75 Å². The van der Waals surface area contributed by atoms with Crippen LogP contribution >= 0.6 is 0 Å². The zero-order valence-corrected chi connectivity index (χ0v) is 11.8. The Morgan fingerprint density at radius 1 is 1.28 bits per heavy atom. The standard InChI is InChI=1S/C15H24FNO/c1-11(2)10-17-8-7-12(3)13-5-6-15(18-4)14(16)9-13/h5-6,9,11-12,17H,7-8,10H2,1-4H3. The van der Waals surface area contributed by atoms with E-state index in [0.29, 0.717) is 17.6 Å². The van der Waals surface area contributed by atoms with E-state index in [-0.39, 0.29) is 5.82 Å². The summed E-state index contributed by atoms with van der Waals surface area (Å²) >= 11 is 0. The van der Waals surface area contributed by atoms with Gasteiger partial charge in [0.1, 0.15) is 0 Å². The molecule has 1 aromatic rings. The number of rotatable bonds is 7.